The van der Waals surface area contributed by atoms with Crippen molar-refractivity contribution in [3.63, 3.8) is 0 Å². The van der Waals surface area contributed by atoms with Gasteiger partial charge in [0.2, 0.25) is 0 Å². The summed E-state index contributed by atoms with van der Waals surface area (Å²) in [7, 11) is 2.00. The highest BCUT2D eigenvalue weighted by Gasteiger charge is 2.30. The number of carbonyl (C=O) groups excluding carboxylic acids is 2. The molecular formula is C20H20F3N3O2. The van der Waals surface area contributed by atoms with E-state index in [-0.39, 0.29) is 17.2 Å². The Hall–Kier alpha value is -2.87. The van der Waals surface area contributed by atoms with E-state index in [2.05, 4.69) is 10.2 Å². The molecule has 0 atom stereocenters. The van der Waals surface area contributed by atoms with Crippen LogP contribution in [-0.2, 0) is 6.18 Å². The first-order valence-corrected chi connectivity index (χ1v) is 8.80. The number of halogens is 3. The maximum atomic E-state index is 12.8. The molecule has 0 bridgehead atoms. The minimum Gasteiger partial charge on any atom is -0.336 e. The van der Waals surface area contributed by atoms with Crippen molar-refractivity contribution < 1.29 is 22.8 Å². The van der Waals surface area contributed by atoms with E-state index in [4.69, 9.17) is 0 Å². The molecule has 5 nitrogen and oxygen atoms in total. The predicted molar refractivity (Wildman–Crippen MR) is 99.2 cm³/mol. The molecule has 0 saturated carbocycles. The predicted octanol–water partition coefficient (Wildman–Crippen LogP) is 3.35. The molecule has 1 N–H and O–H groups in total. The first-order chi connectivity index (χ1) is 13.2. The van der Waals surface area contributed by atoms with Crippen molar-refractivity contribution in [1.82, 2.24) is 9.80 Å². The number of amides is 2. The number of hydrogen-bond acceptors (Lipinski definition) is 3. The van der Waals surface area contributed by atoms with Crippen LogP contribution in [0.3, 0.4) is 0 Å². The Morgan fingerprint density at radius 2 is 1.54 bits per heavy atom. The van der Waals surface area contributed by atoms with Gasteiger partial charge in [0, 0.05) is 43.0 Å². The fraction of sp³-hybridized carbons (Fsp3) is 0.300. The van der Waals surface area contributed by atoms with Gasteiger partial charge in [0.1, 0.15) is 0 Å². The van der Waals surface area contributed by atoms with Crippen molar-refractivity contribution in [3.8, 4) is 0 Å². The molecule has 8 heteroatoms. The van der Waals surface area contributed by atoms with Crippen LogP contribution in [0.15, 0.2) is 48.5 Å². The van der Waals surface area contributed by atoms with Gasteiger partial charge < -0.3 is 15.1 Å². The van der Waals surface area contributed by atoms with Crippen molar-refractivity contribution in [2.24, 2.45) is 0 Å². The van der Waals surface area contributed by atoms with Gasteiger partial charge in [-0.25, -0.2) is 0 Å². The lowest BCUT2D eigenvalue weighted by atomic mass is 10.1. The maximum absolute atomic E-state index is 12.8. The summed E-state index contributed by atoms with van der Waals surface area (Å²) in [5.74, 6) is -0.643. The minimum atomic E-state index is -4.48. The van der Waals surface area contributed by atoms with E-state index in [0.29, 0.717) is 18.7 Å². The fourth-order valence-electron chi connectivity index (χ4n) is 2.93. The average molecular weight is 391 g/mol. The van der Waals surface area contributed by atoms with Gasteiger partial charge in [-0.05, 0) is 49.5 Å². The third-order valence-corrected chi connectivity index (χ3v) is 4.63. The lowest BCUT2D eigenvalue weighted by molar-refractivity contribution is -0.137. The third kappa shape index (κ3) is 4.69. The van der Waals surface area contributed by atoms with Crippen LogP contribution in [0.1, 0.15) is 26.3 Å². The van der Waals surface area contributed by atoms with Gasteiger partial charge in [-0.15, -0.1) is 0 Å². The summed E-state index contributed by atoms with van der Waals surface area (Å²) in [6.07, 6.45) is -4.48. The highest BCUT2D eigenvalue weighted by atomic mass is 19.4. The Bertz CT molecular complexity index is 858. The Labute approximate surface area is 160 Å². The van der Waals surface area contributed by atoms with Crippen LogP contribution in [0, 0.1) is 0 Å². The molecule has 0 spiro atoms. The molecule has 0 unspecified atom stereocenters. The molecule has 148 valence electrons. The summed E-state index contributed by atoms with van der Waals surface area (Å²) in [6, 6.07) is 10.5. The molecule has 0 aromatic heterocycles. The first kappa shape index (κ1) is 19.9. The average Bonchev–Trinajstić information content (AvgIpc) is 2.68. The normalized spacial score (nSPS) is 15.4. The van der Waals surface area contributed by atoms with E-state index in [1.807, 2.05) is 7.05 Å². The van der Waals surface area contributed by atoms with E-state index >= 15 is 0 Å². The van der Waals surface area contributed by atoms with Gasteiger partial charge >= 0.3 is 6.18 Å². The topological polar surface area (TPSA) is 52.7 Å². The van der Waals surface area contributed by atoms with Gasteiger partial charge in [-0.1, -0.05) is 6.07 Å². The zero-order valence-electron chi connectivity index (χ0n) is 15.3. The SMILES string of the molecule is CN1CCN(C(=O)c2ccc(C(=O)Nc3cccc(C(F)(F)F)c3)cc2)CC1. The Morgan fingerprint density at radius 1 is 0.929 bits per heavy atom. The molecule has 2 amide bonds. The van der Waals surface area contributed by atoms with Gasteiger partial charge in [-0.2, -0.15) is 13.2 Å². The van der Waals surface area contributed by atoms with Crippen molar-refractivity contribution in [2.45, 2.75) is 6.18 Å². The zero-order valence-corrected chi connectivity index (χ0v) is 15.3. The molecule has 3 rings (SSSR count). The largest absolute Gasteiger partial charge is 0.416 e. The molecule has 2 aromatic rings. The second kappa shape index (κ2) is 8.02. The van der Waals surface area contributed by atoms with Crippen LogP contribution in [-0.4, -0.2) is 54.8 Å². The van der Waals surface area contributed by atoms with Crippen molar-refractivity contribution >= 4 is 17.5 Å². The molecule has 0 aliphatic carbocycles. The molecule has 0 radical (unpaired) electrons. The number of alkyl halides is 3. The summed E-state index contributed by atoms with van der Waals surface area (Å²) in [4.78, 5) is 28.7. The number of nitrogens with one attached hydrogen (secondary N) is 1. The molecule has 1 heterocycles. The van der Waals surface area contributed by atoms with Gasteiger partial charge in [0.05, 0.1) is 5.56 Å². The number of likely N-dealkylation sites (N-methyl/N-ethyl adjacent to an activating group) is 1. The summed E-state index contributed by atoms with van der Waals surface area (Å²) < 4.78 is 38.3. The van der Waals surface area contributed by atoms with Crippen molar-refractivity contribution in [2.75, 3.05) is 38.5 Å². The molecule has 1 saturated heterocycles. The third-order valence-electron chi connectivity index (χ3n) is 4.63. The lowest BCUT2D eigenvalue weighted by Gasteiger charge is -2.32. The number of anilines is 1. The van der Waals surface area contributed by atoms with Crippen LogP contribution in [0.5, 0.6) is 0 Å². The van der Waals surface area contributed by atoms with E-state index in [0.717, 1.165) is 25.2 Å². The van der Waals surface area contributed by atoms with Crippen LogP contribution in [0.4, 0.5) is 18.9 Å². The van der Waals surface area contributed by atoms with Crippen LogP contribution < -0.4 is 5.32 Å². The monoisotopic (exact) mass is 391 g/mol. The van der Waals surface area contributed by atoms with Crippen molar-refractivity contribution in [3.05, 3.63) is 65.2 Å². The highest BCUT2D eigenvalue weighted by Crippen LogP contribution is 2.30. The smallest absolute Gasteiger partial charge is 0.336 e. The van der Waals surface area contributed by atoms with Crippen LogP contribution >= 0.6 is 0 Å². The molecule has 28 heavy (non-hydrogen) atoms. The van der Waals surface area contributed by atoms with Crippen molar-refractivity contribution in [1.29, 1.82) is 0 Å². The second-order valence-corrected chi connectivity index (χ2v) is 6.71. The van der Waals surface area contributed by atoms with E-state index in [1.165, 1.54) is 24.3 Å². The van der Waals surface area contributed by atoms with Gasteiger partial charge in [0.25, 0.3) is 11.8 Å². The fourth-order valence-corrected chi connectivity index (χ4v) is 2.93. The second-order valence-electron chi connectivity index (χ2n) is 6.71. The van der Waals surface area contributed by atoms with Crippen LogP contribution in [0.2, 0.25) is 0 Å². The summed E-state index contributed by atoms with van der Waals surface area (Å²) in [5.41, 5.74) is -0.0525. The van der Waals surface area contributed by atoms with Gasteiger partial charge in [0.15, 0.2) is 0 Å². The number of nitrogens with zero attached hydrogens (tertiary/aromatic N) is 2. The number of benzene rings is 2. The molecule has 1 fully saturated rings. The molecular weight excluding hydrogens is 371 g/mol. The standard InChI is InChI=1S/C20H20F3N3O2/c1-25-9-11-26(12-10-25)19(28)15-7-5-14(6-8-15)18(27)24-17-4-2-3-16(13-17)20(21,22)23/h2-8,13H,9-12H2,1H3,(H,24,27). The first-order valence-electron chi connectivity index (χ1n) is 8.80. The number of hydrogen-bond donors (Lipinski definition) is 1. The Balaban J connectivity index is 1.66. The molecule has 2 aromatic carbocycles. The molecule has 1 aliphatic rings. The minimum absolute atomic E-state index is 0.0532. The summed E-state index contributed by atoms with van der Waals surface area (Å²) >= 11 is 0. The molecule has 1 aliphatic heterocycles. The van der Waals surface area contributed by atoms with Gasteiger partial charge in [-0.3, -0.25) is 9.59 Å². The Kier molecular flexibility index (Phi) is 5.69. The summed E-state index contributed by atoms with van der Waals surface area (Å²) in [5, 5.41) is 2.45. The number of rotatable bonds is 3. The maximum Gasteiger partial charge on any atom is 0.416 e. The van der Waals surface area contributed by atoms with E-state index < -0.39 is 17.6 Å². The van der Waals surface area contributed by atoms with E-state index in [1.54, 1.807) is 17.0 Å². The highest BCUT2D eigenvalue weighted by molar-refractivity contribution is 6.05. The lowest BCUT2D eigenvalue weighted by Crippen LogP contribution is -2.47. The zero-order chi connectivity index (χ0) is 20.3. The quantitative estimate of drug-likeness (QED) is 0.873. The van der Waals surface area contributed by atoms with Crippen LogP contribution in [0.25, 0.3) is 0 Å². The summed E-state index contributed by atoms with van der Waals surface area (Å²) in [6.45, 7) is 2.91. The number of piperazine rings is 1. The van der Waals surface area contributed by atoms with E-state index in [9.17, 15) is 22.8 Å². The number of carbonyl (C=O) groups is 2. The Morgan fingerprint density at radius 3 is 2.14 bits per heavy atom.